The number of nitrogens with one attached hydrogen (secondary N) is 1. The largest absolute Gasteiger partial charge is 0.506 e. The van der Waals surface area contributed by atoms with Crippen LogP contribution in [0.2, 0.25) is 0 Å². The molecule has 0 radical (unpaired) electrons. The first-order chi connectivity index (χ1) is 12.6. The molecule has 0 atom stereocenters. The van der Waals surface area contributed by atoms with Crippen molar-refractivity contribution in [3.05, 3.63) is 74.6 Å². The van der Waals surface area contributed by atoms with Gasteiger partial charge < -0.3 is 14.8 Å². The average molecular weight is 415 g/mol. The number of aromatic hydroxyl groups is 1. The maximum Gasteiger partial charge on any atom is 0.353 e. The lowest BCUT2D eigenvalue weighted by molar-refractivity contribution is 0.0948. The van der Waals surface area contributed by atoms with Crippen molar-refractivity contribution in [1.82, 2.24) is 5.32 Å². The first-order valence-electron chi connectivity index (χ1n) is 7.84. The molecule has 0 saturated heterocycles. The van der Waals surface area contributed by atoms with Gasteiger partial charge in [0.2, 0.25) is 0 Å². The second-order valence-corrected chi connectivity index (χ2v) is 6.37. The Bertz CT molecular complexity index is 1030. The van der Waals surface area contributed by atoms with Gasteiger partial charge in [0.05, 0.1) is 11.9 Å². The third kappa shape index (κ3) is 4.00. The molecule has 3 rings (SSSR count). The summed E-state index contributed by atoms with van der Waals surface area (Å²) in [5.74, 6) is -1.08. The Kier molecular flexibility index (Phi) is 5.48. The van der Waals surface area contributed by atoms with Gasteiger partial charge in [0.25, 0.3) is 5.91 Å². The first kappa shape index (κ1) is 17.9. The van der Waals surface area contributed by atoms with Gasteiger partial charge in [-0.05, 0) is 29.8 Å². The Hall–Kier alpha value is -2.93. The zero-order valence-electron chi connectivity index (χ0n) is 13.6. The summed E-state index contributed by atoms with van der Waals surface area (Å²) in [7, 11) is 0. The molecular formula is C19H15BrN2O4. The molecule has 0 spiro atoms. The molecule has 0 unspecified atom stereocenters. The molecule has 1 heterocycles. The Labute approximate surface area is 157 Å². The smallest absolute Gasteiger partial charge is 0.353 e. The minimum atomic E-state index is -0.878. The fourth-order valence-electron chi connectivity index (χ4n) is 2.37. The SMILES string of the molecule is O=C(NCCN=Cc1ccc(Br)cc1)c1c(O)c2ccccc2oc1=O. The van der Waals surface area contributed by atoms with Crippen LogP contribution in [0.1, 0.15) is 15.9 Å². The molecule has 0 aliphatic carbocycles. The molecule has 1 amide bonds. The fourth-order valence-corrected chi connectivity index (χ4v) is 2.64. The predicted octanol–water partition coefficient (Wildman–Crippen LogP) is 3.11. The second kappa shape index (κ2) is 7.97. The standard InChI is InChI=1S/C19H15BrN2O4/c20-13-7-5-12(6-8-13)11-21-9-10-22-18(24)16-17(23)14-3-1-2-4-15(14)26-19(16)25/h1-8,11,23H,9-10H2,(H,22,24). The number of nitrogens with zero attached hydrogens (tertiary/aromatic N) is 1. The molecule has 0 fully saturated rings. The number of aliphatic imine (C=N–C) groups is 1. The highest BCUT2D eigenvalue weighted by Gasteiger charge is 2.20. The summed E-state index contributed by atoms with van der Waals surface area (Å²) in [5, 5.41) is 13.1. The molecule has 0 aliphatic rings. The van der Waals surface area contributed by atoms with Crippen molar-refractivity contribution in [2.75, 3.05) is 13.1 Å². The van der Waals surface area contributed by atoms with Crippen molar-refractivity contribution in [2.24, 2.45) is 4.99 Å². The molecule has 1 aromatic heterocycles. The van der Waals surface area contributed by atoms with Crippen LogP contribution in [0.15, 0.2) is 67.2 Å². The number of amides is 1. The third-order valence-corrected chi connectivity index (χ3v) is 4.18. The van der Waals surface area contributed by atoms with Crippen molar-refractivity contribution in [1.29, 1.82) is 0 Å². The van der Waals surface area contributed by atoms with Crippen LogP contribution in [-0.4, -0.2) is 30.3 Å². The highest BCUT2D eigenvalue weighted by Crippen LogP contribution is 2.25. The minimum Gasteiger partial charge on any atom is -0.506 e. The van der Waals surface area contributed by atoms with Gasteiger partial charge in [-0.25, -0.2) is 4.79 Å². The highest BCUT2D eigenvalue weighted by molar-refractivity contribution is 9.10. The lowest BCUT2D eigenvalue weighted by Gasteiger charge is -2.06. The van der Waals surface area contributed by atoms with Gasteiger partial charge in [-0.1, -0.05) is 40.2 Å². The number of para-hydroxylation sites is 1. The summed E-state index contributed by atoms with van der Waals surface area (Å²) in [5.41, 5.74) is -0.115. The number of benzene rings is 2. The van der Waals surface area contributed by atoms with E-state index in [0.717, 1.165) is 10.0 Å². The summed E-state index contributed by atoms with van der Waals surface area (Å²) >= 11 is 3.36. The second-order valence-electron chi connectivity index (χ2n) is 5.45. The molecular weight excluding hydrogens is 400 g/mol. The average Bonchev–Trinajstić information content (AvgIpc) is 2.63. The molecule has 6 nitrogen and oxygen atoms in total. The molecule has 0 saturated carbocycles. The normalized spacial score (nSPS) is 11.1. The van der Waals surface area contributed by atoms with E-state index in [-0.39, 0.29) is 17.9 Å². The van der Waals surface area contributed by atoms with E-state index in [1.807, 2.05) is 24.3 Å². The minimum absolute atomic E-state index is 0.220. The van der Waals surface area contributed by atoms with E-state index in [1.54, 1.807) is 30.5 Å². The maximum absolute atomic E-state index is 12.2. The number of fused-ring (bicyclic) bond motifs is 1. The first-order valence-corrected chi connectivity index (χ1v) is 8.64. The van der Waals surface area contributed by atoms with Gasteiger partial charge in [-0.2, -0.15) is 0 Å². The van der Waals surface area contributed by atoms with E-state index in [1.165, 1.54) is 0 Å². The van der Waals surface area contributed by atoms with Crippen LogP contribution in [0, 0.1) is 0 Å². The van der Waals surface area contributed by atoms with Crippen LogP contribution in [0.3, 0.4) is 0 Å². The summed E-state index contributed by atoms with van der Waals surface area (Å²) in [4.78, 5) is 28.4. The van der Waals surface area contributed by atoms with Crippen molar-refractivity contribution < 1.29 is 14.3 Å². The molecule has 3 aromatic rings. The Morgan fingerprint density at radius 1 is 1.19 bits per heavy atom. The number of halogens is 1. The predicted molar refractivity (Wildman–Crippen MR) is 103 cm³/mol. The van der Waals surface area contributed by atoms with E-state index >= 15 is 0 Å². The zero-order chi connectivity index (χ0) is 18.5. The van der Waals surface area contributed by atoms with E-state index in [4.69, 9.17) is 4.42 Å². The number of rotatable bonds is 5. The molecule has 7 heteroatoms. The lowest BCUT2D eigenvalue weighted by atomic mass is 10.1. The summed E-state index contributed by atoms with van der Waals surface area (Å²) in [6.45, 7) is 0.555. The number of hydrogen-bond donors (Lipinski definition) is 2. The topological polar surface area (TPSA) is 91.9 Å². The fraction of sp³-hybridized carbons (Fsp3) is 0.105. The van der Waals surface area contributed by atoms with E-state index in [2.05, 4.69) is 26.2 Å². The summed E-state index contributed by atoms with van der Waals surface area (Å²) < 4.78 is 6.06. The highest BCUT2D eigenvalue weighted by atomic mass is 79.9. The molecule has 132 valence electrons. The summed E-state index contributed by atoms with van der Waals surface area (Å²) in [6, 6.07) is 14.1. The lowest BCUT2D eigenvalue weighted by Crippen LogP contribution is -2.30. The van der Waals surface area contributed by atoms with Crippen LogP contribution < -0.4 is 10.9 Å². The maximum atomic E-state index is 12.2. The van der Waals surface area contributed by atoms with Crippen molar-refractivity contribution in [2.45, 2.75) is 0 Å². The zero-order valence-corrected chi connectivity index (χ0v) is 15.2. The van der Waals surface area contributed by atoms with Gasteiger partial charge in [-0.3, -0.25) is 9.79 Å². The Balaban J connectivity index is 1.64. The van der Waals surface area contributed by atoms with Crippen molar-refractivity contribution >= 4 is 39.0 Å². The van der Waals surface area contributed by atoms with E-state index in [9.17, 15) is 14.7 Å². The van der Waals surface area contributed by atoms with Crippen LogP contribution in [0.25, 0.3) is 11.0 Å². The van der Waals surface area contributed by atoms with E-state index in [0.29, 0.717) is 11.9 Å². The van der Waals surface area contributed by atoms with Gasteiger partial charge in [0.15, 0.2) is 5.56 Å². The van der Waals surface area contributed by atoms with Crippen molar-refractivity contribution in [3.8, 4) is 5.75 Å². The molecule has 2 N–H and O–H groups in total. The summed E-state index contributed by atoms with van der Waals surface area (Å²) in [6.07, 6.45) is 1.69. The third-order valence-electron chi connectivity index (χ3n) is 3.65. The van der Waals surface area contributed by atoms with Crippen LogP contribution in [0.4, 0.5) is 0 Å². The van der Waals surface area contributed by atoms with Gasteiger partial charge in [0, 0.05) is 17.2 Å². The quantitative estimate of drug-likeness (QED) is 0.381. The molecule has 26 heavy (non-hydrogen) atoms. The van der Waals surface area contributed by atoms with E-state index < -0.39 is 17.1 Å². The molecule has 0 bridgehead atoms. The van der Waals surface area contributed by atoms with Gasteiger partial charge in [0.1, 0.15) is 11.3 Å². The van der Waals surface area contributed by atoms with Crippen LogP contribution >= 0.6 is 15.9 Å². The number of hydrogen-bond acceptors (Lipinski definition) is 5. The van der Waals surface area contributed by atoms with Crippen LogP contribution in [-0.2, 0) is 0 Å². The molecule has 2 aromatic carbocycles. The molecule has 0 aliphatic heterocycles. The Morgan fingerprint density at radius 2 is 1.92 bits per heavy atom. The van der Waals surface area contributed by atoms with Gasteiger partial charge >= 0.3 is 5.63 Å². The number of carbonyl (C=O) groups excluding carboxylic acids is 1. The Morgan fingerprint density at radius 3 is 2.69 bits per heavy atom. The van der Waals surface area contributed by atoms with Crippen LogP contribution in [0.5, 0.6) is 5.75 Å². The monoisotopic (exact) mass is 414 g/mol. The van der Waals surface area contributed by atoms with Gasteiger partial charge in [-0.15, -0.1) is 0 Å². The number of carbonyl (C=O) groups is 1. The van der Waals surface area contributed by atoms with Crippen molar-refractivity contribution in [3.63, 3.8) is 0 Å².